The molecule has 0 radical (unpaired) electrons. The molecule has 0 bridgehead atoms. The van der Waals surface area contributed by atoms with Crippen LogP contribution in [0.1, 0.15) is 11.6 Å². The highest BCUT2D eigenvalue weighted by atomic mass is 32.2. The number of benzene rings is 1. The van der Waals surface area contributed by atoms with E-state index in [1.807, 2.05) is 12.1 Å². The lowest BCUT2D eigenvalue weighted by molar-refractivity contribution is 0.174. The van der Waals surface area contributed by atoms with Crippen molar-refractivity contribution in [1.29, 1.82) is 0 Å². The van der Waals surface area contributed by atoms with Crippen LogP contribution >= 0.6 is 0 Å². The normalized spacial score (nSPS) is 17.8. The number of pyridine rings is 1. The molecule has 2 aromatic heterocycles. The van der Waals surface area contributed by atoms with Gasteiger partial charge in [-0.25, -0.2) is 13.4 Å². The molecule has 1 saturated heterocycles. The second-order valence-corrected chi connectivity index (χ2v) is 7.98. The molecule has 0 amide bonds. The molecule has 1 fully saturated rings. The third-order valence-corrected chi connectivity index (χ3v) is 6.42. The number of nitrogens with one attached hydrogen (secondary N) is 1. The van der Waals surface area contributed by atoms with Gasteiger partial charge in [-0.15, -0.1) is 0 Å². The summed E-state index contributed by atoms with van der Waals surface area (Å²) in [4.78, 5) is 4.41. The highest BCUT2D eigenvalue weighted by Crippen LogP contribution is 2.37. The van der Waals surface area contributed by atoms with Crippen LogP contribution in [-0.2, 0) is 10.0 Å². The van der Waals surface area contributed by atoms with Crippen LogP contribution in [0.2, 0.25) is 0 Å². The molecule has 9 heteroatoms. The first-order valence-corrected chi connectivity index (χ1v) is 9.26. The van der Waals surface area contributed by atoms with Gasteiger partial charge in [0.1, 0.15) is 0 Å². The summed E-state index contributed by atoms with van der Waals surface area (Å²) in [5.41, 5.74) is 1.58. The van der Waals surface area contributed by atoms with E-state index < -0.39 is 10.0 Å². The highest BCUT2D eigenvalue weighted by molar-refractivity contribution is 7.89. The minimum absolute atomic E-state index is 0.0815. The number of hydrogen-bond donors (Lipinski definition) is 1. The van der Waals surface area contributed by atoms with Crippen molar-refractivity contribution in [2.45, 2.75) is 10.8 Å². The van der Waals surface area contributed by atoms with Crippen LogP contribution < -0.4 is 9.47 Å². The van der Waals surface area contributed by atoms with Gasteiger partial charge in [0.15, 0.2) is 17.1 Å². The second kappa shape index (κ2) is 5.17. The summed E-state index contributed by atoms with van der Waals surface area (Å²) in [6.45, 7) is 0.928. The Morgan fingerprint density at radius 3 is 2.88 bits per heavy atom. The first-order valence-electron chi connectivity index (χ1n) is 7.82. The first-order chi connectivity index (χ1) is 12.1. The number of hydrogen-bond acceptors (Lipinski definition) is 6. The number of aromatic nitrogens is 3. The van der Waals surface area contributed by atoms with Gasteiger partial charge in [-0.05, 0) is 24.3 Å². The third kappa shape index (κ3) is 2.19. The van der Waals surface area contributed by atoms with Gasteiger partial charge in [0.25, 0.3) is 0 Å². The summed E-state index contributed by atoms with van der Waals surface area (Å²) in [6.07, 6.45) is 1.68. The lowest BCUT2D eigenvalue weighted by atomic mass is 9.97. The molecule has 0 aliphatic carbocycles. The van der Waals surface area contributed by atoms with E-state index in [1.54, 1.807) is 18.3 Å². The number of nitrogens with zero attached hydrogens (tertiary/aromatic N) is 3. The molecule has 1 aromatic carbocycles. The van der Waals surface area contributed by atoms with Crippen molar-refractivity contribution < 1.29 is 17.9 Å². The van der Waals surface area contributed by atoms with Crippen LogP contribution in [0.25, 0.3) is 11.0 Å². The van der Waals surface area contributed by atoms with Crippen LogP contribution in [0.4, 0.5) is 0 Å². The quantitative estimate of drug-likeness (QED) is 0.762. The van der Waals surface area contributed by atoms with Gasteiger partial charge in [-0.2, -0.15) is 9.40 Å². The Balaban J connectivity index is 1.39. The molecule has 4 heterocycles. The molecule has 8 nitrogen and oxygen atoms in total. The molecule has 25 heavy (non-hydrogen) atoms. The Kier molecular flexibility index (Phi) is 3.03. The van der Waals surface area contributed by atoms with E-state index >= 15 is 0 Å². The minimum atomic E-state index is -3.55. The highest BCUT2D eigenvalue weighted by Gasteiger charge is 2.39. The molecule has 1 N–H and O–H groups in total. The summed E-state index contributed by atoms with van der Waals surface area (Å²) >= 11 is 0. The molecule has 128 valence electrons. The second-order valence-electron chi connectivity index (χ2n) is 6.05. The summed E-state index contributed by atoms with van der Waals surface area (Å²) in [5, 5.41) is 8.10. The van der Waals surface area contributed by atoms with Crippen molar-refractivity contribution in [2.75, 3.05) is 19.9 Å². The van der Waals surface area contributed by atoms with Gasteiger partial charge in [-0.3, -0.25) is 5.10 Å². The van der Waals surface area contributed by atoms with Crippen molar-refractivity contribution in [1.82, 2.24) is 19.5 Å². The summed E-state index contributed by atoms with van der Waals surface area (Å²) in [5.74, 6) is 1.11. The molecule has 3 aromatic rings. The van der Waals surface area contributed by atoms with Crippen LogP contribution in [0.15, 0.2) is 41.4 Å². The molecular weight excluding hydrogens is 344 g/mol. The molecule has 0 saturated carbocycles. The van der Waals surface area contributed by atoms with E-state index in [2.05, 4.69) is 15.2 Å². The Hall–Kier alpha value is -2.65. The van der Waals surface area contributed by atoms with Crippen molar-refractivity contribution >= 4 is 21.1 Å². The number of sulfonamides is 1. The van der Waals surface area contributed by atoms with Gasteiger partial charge in [0.05, 0.1) is 10.6 Å². The van der Waals surface area contributed by atoms with Crippen molar-refractivity contribution in [3.05, 3.63) is 42.2 Å². The van der Waals surface area contributed by atoms with E-state index in [0.29, 0.717) is 30.2 Å². The number of ether oxygens (including phenoxy) is 2. The Morgan fingerprint density at radius 2 is 2.00 bits per heavy atom. The number of H-pyrrole nitrogens is 1. The smallest absolute Gasteiger partial charge is 0.243 e. The van der Waals surface area contributed by atoms with E-state index in [0.717, 1.165) is 11.1 Å². The molecule has 0 atom stereocenters. The van der Waals surface area contributed by atoms with Gasteiger partial charge < -0.3 is 9.47 Å². The predicted octanol–water partition coefficient (Wildman–Crippen LogP) is 1.47. The standard InChI is InChI=1S/C16H14N4O4S/c21-25(22,11-3-4-13-14(6-11)24-9-23-13)20-7-10(8-20)15-12-2-1-5-17-16(12)19-18-15/h1-6,10H,7-9H2,(H,17,18,19). The zero-order valence-corrected chi connectivity index (χ0v) is 13.9. The maximum Gasteiger partial charge on any atom is 0.243 e. The number of rotatable bonds is 3. The largest absolute Gasteiger partial charge is 0.454 e. The molecule has 0 spiro atoms. The lowest BCUT2D eigenvalue weighted by Gasteiger charge is -2.37. The van der Waals surface area contributed by atoms with Crippen LogP contribution in [-0.4, -0.2) is 47.8 Å². The van der Waals surface area contributed by atoms with E-state index in [9.17, 15) is 8.42 Å². The molecule has 2 aliphatic heterocycles. The van der Waals surface area contributed by atoms with Crippen molar-refractivity contribution in [3.8, 4) is 11.5 Å². The maximum atomic E-state index is 12.8. The SMILES string of the molecule is O=S(=O)(c1ccc2c(c1)OCO2)N1CC(c2[nH]nc3ncccc23)C1. The fraction of sp³-hybridized carbons (Fsp3) is 0.250. The van der Waals surface area contributed by atoms with Gasteiger partial charge >= 0.3 is 0 Å². The minimum Gasteiger partial charge on any atom is -0.454 e. The third-order valence-electron chi connectivity index (χ3n) is 4.60. The van der Waals surface area contributed by atoms with Crippen LogP contribution in [0.3, 0.4) is 0 Å². The number of fused-ring (bicyclic) bond motifs is 2. The average Bonchev–Trinajstić information content (AvgIpc) is 3.19. The monoisotopic (exact) mass is 358 g/mol. The van der Waals surface area contributed by atoms with Gasteiger partial charge in [-0.1, -0.05) is 0 Å². The fourth-order valence-electron chi connectivity index (χ4n) is 3.18. The summed E-state index contributed by atoms with van der Waals surface area (Å²) < 4.78 is 37.5. The van der Waals surface area contributed by atoms with Crippen molar-refractivity contribution in [2.24, 2.45) is 0 Å². The topological polar surface area (TPSA) is 97.4 Å². The summed E-state index contributed by atoms with van der Waals surface area (Å²) in [6, 6.07) is 8.48. The first kappa shape index (κ1) is 14.7. The lowest BCUT2D eigenvalue weighted by Crippen LogP contribution is -2.48. The zero-order chi connectivity index (χ0) is 17.0. The van der Waals surface area contributed by atoms with E-state index in [-0.39, 0.29) is 17.6 Å². The van der Waals surface area contributed by atoms with Crippen molar-refractivity contribution in [3.63, 3.8) is 0 Å². The van der Waals surface area contributed by atoms with Gasteiger partial charge in [0, 0.05) is 36.7 Å². The van der Waals surface area contributed by atoms with E-state index in [1.165, 1.54) is 10.4 Å². The van der Waals surface area contributed by atoms with Gasteiger partial charge in [0.2, 0.25) is 16.8 Å². The molecular formula is C16H14N4O4S. The predicted molar refractivity (Wildman–Crippen MR) is 88.0 cm³/mol. The Morgan fingerprint density at radius 1 is 1.16 bits per heavy atom. The number of aromatic amines is 1. The maximum absolute atomic E-state index is 12.8. The molecule has 2 aliphatic rings. The fourth-order valence-corrected chi connectivity index (χ4v) is 4.73. The zero-order valence-electron chi connectivity index (χ0n) is 13.0. The van der Waals surface area contributed by atoms with Crippen LogP contribution in [0, 0.1) is 0 Å². The van der Waals surface area contributed by atoms with E-state index in [4.69, 9.17) is 9.47 Å². The Labute approximate surface area is 143 Å². The molecule has 0 unspecified atom stereocenters. The molecule has 5 rings (SSSR count). The van der Waals surface area contributed by atoms with Crippen LogP contribution in [0.5, 0.6) is 11.5 Å². The average molecular weight is 358 g/mol. The summed E-state index contributed by atoms with van der Waals surface area (Å²) in [7, 11) is -3.55. The Bertz CT molecular complexity index is 1070.